The average Bonchev–Trinajstić information content (AvgIpc) is 3.41. The van der Waals surface area contributed by atoms with E-state index in [1.807, 2.05) is 69.3 Å². The minimum atomic E-state index is -1.04. The number of amides is 2. The lowest BCUT2D eigenvalue weighted by Crippen LogP contribution is -2.51. The molecule has 0 aliphatic heterocycles. The van der Waals surface area contributed by atoms with Gasteiger partial charge in [0, 0.05) is 16.8 Å². The predicted octanol–water partition coefficient (Wildman–Crippen LogP) is 5.41. The van der Waals surface area contributed by atoms with Crippen molar-refractivity contribution in [3.63, 3.8) is 0 Å². The van der Waals surface area contributed by atoms with Crippen LogP contribution in [0.25, 0.3) is 11.0 Å². The van der Waals surface area contributed by atoms with Gasteiger partial charge in [0.25, 0.3) is 0 Å². The Labute approximate surface area is 246 Å². The molecule has 9 heteroatoms. The number of nitrogens with zero attached hydrogens (tertiary/aromatic N) is 4. The van der Waals surface area contributed by atoms with Crippen LogP contribution in [0, 0.1) is 0 Å². The molecule has 4 aromatic rings. The quantitative estimate of drug-likeness (QED) is 0.274. The van der Waals surface area contributed by atoms with Crippen LogP contribution in [0.5, 0.6) is 11.5 Å². The average molecular weight is 570 g/mol. The molecule has 1 atom stereocenters. The molecule has 0 spiro atoms. The third kappa shape index (κ3) is 5.68. The van der Waals surface area contributed by atoms with Gasteiger partial charge >= 0.3 is 0 Å². The number of aryl methyl sites for hydroxylation is 1. The van der Waals surface area contributed by atoms with E-state index >= 15 is 0 Å². The second-order valence-electron chi connectivity index (χ2n) is 11.3. The number of carbonyl (C=O) groups is 2. The second-order valence-corrected chi connectivity index (χ2v) is 11.3. The van der Waals surface area contributed by atoms with Crippen LogP contribution in [0.15, 0.2) is 60.7 Å². The Kier molecular flexibility index (Phi) is 8.47. The summed E-state index contributed by atoms with van der Waals surface area (Å²) in [6, 6.07) is 17.9. The summed E-state index contributed by atoms with van der Waals surface area (Å²) < 4.78 is 13.0. The van der Waals surface area contributed by atoms with Crippen LogP contribution in [0.1, 0.15) is 62.8 Å². The Morgan fingerprint density at radius 1 is 1.00 bits per heavy atom. The highest BCUT2D eigenvalue weighted by Crippen LogP contribution is 2.41. The number of anilines is 1. The Morgan fingerprint density at radius 3 is 2.52 bits per heavy atom. The first kappa shape index (κ1) is 29.1. The summed E-state index contributed by atoms with van der Waals surface area (Å²) >= 11 is 0. The van der Waals surface area contributed by atoms with Gasteiger partial charge < -0.3 is 14.8 Å². The number of hydrogen-bond donors (Lipinski definition) is 1. The molecule has 0 saturated heterocycles. The van der Waals surface area contributed by atoms with E-state index in [2.05, 4.69) is 21.7 Å². The molecule has 0 bridgehead atoms. The first-order chi connectivity index (χ1) is 20.3. The fourth-order valence-corrected chi connectivity index (χ4v) is 5.66. The lowest BCUT2D eigenvalue weighted by atomic mass is 9.89. The van der Waals surface area contributed by atoms with Crippen molar-refractivity contribution in [3.05, 3.63) is 77.4 Å². The zero-order valence-corrected chi connectivity index (χ0v) is 25.0. The molecule has 1 aliphatic carbocycles. The zero-order chi connectivity index (χ0) is 29.9. The van der Waals surface area contributed by atoms with Crippen molar-refractivity contribution in [2.24, 2.45) is 0 Å². The van der Waals surface area contributed by atoms with Crippen molar-refractivity contribution in [1.29, 1.82) is 0 Å². The molecule has 0 unspecified atom stereocenters. The van der Waals surface area contributed by atoms with Gasteiger partial charge in [-0.1, -0.05) is 48.5 Å². The molecule has 1 N–H and O–H groups in total. The monoisotopic (exact) mass is 569 g/mol. The minimum absolute atomic E-state index is 0.0998. The van der Waals surface area contributed by atoms with E-state index in [9.17, 15) is 9.59 Å². The number of ether oxygens (including phenoxy) is 2. The van der Waals surface area contributed by atoms with Crippen molar-refractivity contribution < 1.29 is 19.1 Å². The SMILES string of the molecule is CCC(C)(C)NC(=O)[C@@H](c1cccc(OC)c1OC)N(C(=O)Cn1nnc2ccccc21)c1cccc2c1CCCC2. The summed E-state index contributed by atoms with van der Waals surface area (Å²) in [6.07, 6.45) is 4.57. The number of hydrogen-bond acceptors (Lipinski definition) is 6. The highest BCUT2D eigenvalue weighted by molar-refractivity contribution is 6.03. The summed E-state index contributed by atoms with van der Waals surface area (Å²) in [5.41, 5.74) is 4.49. The highest BCUT2D eigenvalue weighted by atomic mass is 16.5. The van der Waals surface area contributed by atoms with E-state index in [1.165, 1.54) is 5.56 Å². The molecule has 5 rings (SSSR count). The van der Waals surface area contributed by atoms with Crippen LogP contribution in [0.4, 0.5) is 5.69 Å². The fourth-order valence-electron chi connectivity index (χ4n) is 5.66. The predicted molar refractivity (Wildman–Crippen MR) is 163 cm³/mol. The van der Waals surface area contributed by atoms with Gasteiger partial charge in [0.1, 0.15) is 18.1 Å². The Balaban J connectivity index is 1.72. The molecule has 0 radical (unpaired) electrons. The van der Waals surface area contributed by atoms with Crippen molar-refractivity contribution in [2.45, 2.75) is 71.0 Å². The van der Waals surface area contributed by atoms with Crippen LogP contribution >= 0.6 is 0 Å². The van der Waals surface area contributed by atoms with Gasteiger partial charge in [0.15, 0.2) is 11.5 Å². The third-order valence-electron chi connectivity index (χ3n) is 8.18. The van der Waals surface area contributed by atoms with Crippen molar-refractivity contribution in [3.8, 4) is 11.5 Å². The number of para-hydroxylation sites is 2. The van der Waals surface area contributed by atoms with Crippen molar-refractivity contribution in [2.75, 3.05) is 19.1 Å². The topological polar surface area (TPSA) is 98.6 Å². The summed E-state index contributed by atoms with van der Waals surface area (Å²) in [6.45, 7) is 5.87. The maximum absolute atomic E-state index is 14.6. The van der Waals surface area contributed by atoms with Crippen LogP contribution in [-0.2, 0) is 29.0 Å². The molecule has 3 aromatic carbocycles. The van der Waals surface area contributed by atoms with E-state index in [-0.39, 0.29) is 18.4 Å². The van der Waals surface area contributed by atoms with Crippen molar-refractivity contribution >= 4 is 28.5 Å². The van der Waals surface area contributed by atoms with Gasteiger partial charge in [-0.05, 0) is 81.3 Å². The Morgan fingerprint density at radius 2 is 1.76 bits per heavy atom. The van der Waals surface area contributed by atoms with Crippen molar-refractivity contribution in [1.82, 2.24) is 20.3 Å². The first-order valence-electron chi connectivity index (χ1n) is 14.5. The van der Waals surface area contributed by atoms with Crippen LogP contribution in [0.3, 0.4) is 0 Å². The molecule has 9 nitrogen and oxygen atoms in total. The van der Waals surface area contributed by atoms with Gasteiger partial charge in [-0.3, -0.25) is 14.5 Å². The van der Waals surface area contributed by atoms with Gasteiger partial charge in [0.05, 0.1) is 19.7 Å². The molecule has 1 aromatic heterocycles. The fraction of sp³-hybridized carbons (Fsp3) is 0.394. The van der Waals surface area contributed by atoms with Crippen LogP contribution in [-0.4, -0.2) is 46.6 Å². The maximum atomic E-state index is 14.6. The zero-order valence-electron chi connectivity index (χ0n) is 25.0. The van der Waals surface area contributed by atoms with Gasteiger partial charge in [-0.25, -0.2) is 4.68 Å². The van der Waals surface area contributed by atoms with Gasteiger partial charge in [0.2, 0.25) is 11.8 Å². The molecule has 1 heterocycles. The summed E-state index contributed by atoms with van der Waals surface area (Å²) in [5, 5.41) is 11.7. The number of nitrogens with one attached hydrogen (secondary N) is 1. The number of fused-ring (bicyclic) bond motifs is 2. The smallest absolute Gasteiger partial charge is 0.249 e. The number of benzene rings is 3. The number of rotatable bonds is 10. The lowest BCUT2D eigenvalue weighted by molar-refractivity contribution is -0.128. The third-order valence-corrected chi connectivity index (χ3v) is 8.18. The normalized spacial score (nSPS) is 13.7. The summed E-state index contributed by atoms with van der Waals surface area (Å²) in [5.74, 6) is 0.290. The molecule has 2 amide bonds. The Bertz CT molecular complexity index is 1590. The molecule has 42 heavy (non-hydrogen) atoms. The largest absolute Gasteiger partial charge is 0.493 e. The van der Waals surface area contributed by atoms with Crippen LogP contribution in [0.2, 0.25) is 0 Å². The number of aromatic nitrogens is 3. The summed E-state index contributed by atoms with van der Waals surface area (Å²) in [7, 11) is 3.10. The van der Waals surface area contributed by atoms with E-state index in [1.54, 1.807) is 29.9 Å². The minimum Gasteiger partial charge on any atom is -0.493 e. The molecule has 0 fully saturated rings. The van der Waals surface area contributed by atoms with E-state index in [0.717, 1.165) is 42.5 Å². The molecule has 1 aliphatic rings. The standard InChI is InChI=1S/C33H39N5O4/c1-6-33(2,3)34-32(40)30(24-16-12-20-28(41-4)31(24)42-5)38(26-19-11-14-22-13-7-8-15-23(22)26)29(39)21-37-27-18-10-9-17-25(27)35-36-37/h9-12,14,16-20,30H,6-8,13,15,21H2,1-5H3,(H,34,40)/t30-/m1/s1. The highest BCUT2D eigenvalue weighted by Gasteiger charge is 2.39. The van der Waals surface area contributed by atoms with E-state index in [0.29, 0.717) is 29.0 Å². The molecular weight excluding hydrogens is 530 g/mol. The maximum Gasteiger partial charge on any atom is 0.249 e. The second kappa shape index (κ2) is 12.2. The summed E-state index contributed by atoms with van der Waals surface area (Å²) in [4.78, 5) is 30.7. The number of methoxy groups -OCH3 is 2. The molecular formula is C33H39N5O4. The van der Waals surface area contributed by atoms with Gasteiger partial charge in [-0.2, -0.15) is 0 Å². The van der Waals surface area contributed by atoms with E-state index in [4.69, 9.17) is 9.47 Å². The van der Waals surface area contributed by atoms with Crippen LogP contribution < -0.4 is 19.7 Å². The first-order valence-corrected chi connectivity index (χ1v) is 14.5. The lowest BCUT2D eigenvalue weighted by Gasteiger charge is -2.37. The van der Waals surface area contributed by atoms with E-state index < -0.39 is 11.6 Å². The Hall–Kier alpha value is -4.40. The number of carbonyl (C=O) groups excluding carboxylic acids is 2. The molecule has 220 valence electrons. The van der Waals surface area contributed by atoms with Gasteiger partial charge in [-0.15, -0.1) is 5.10 Å². The molecule has 0 saturated carbocycles.